The summed E-state index contributed by atoms with van der Waals surface area (Å²) in [5.74, 6) is -0.172. The second-order valence-corrected chi connectivity index (χ2v) is 5.75. The molecule has 0 N–H and O–H groups in total. The van der Waals surface area contributed by atoms with Crippen molar-refractivity contribution in [2.75, 3.05) is 0 Å². The van der Waals surface area contributed by atoms with Gasteiger partial charge in [-0.25, -0.2) is 4.39 Å². The average Bonchev–Trinajstić information content (AvgIpc) is 2.40. The van der Waals surface area contributed by atoms with Gasteiger partial charge in [-0.15, -0.1) is 0 Å². The number of aryl methyl sites for hydroxylation is 1. The summed E-state index contributed by atoms with van der Waals surface area (Å²) in [4.78, 5) is 0.433. The Bertz CT molecular complexity index is 464. The molecule has 0 heterocycles. The van der Waals surface area contributed by atoms with E-state index in [4.69, 9.17) is 0 Å². The molecule has 0 saturated carbocycles. The van der Waals surface area contributed by atoms with Crippen LogP contribution in [0.5, 0.6) is 0 Å². The lowest BCUT2D eigenvalue weighted by Gasteiger charge is -2.09. The summed E-state index contributed by atoms with van der Waals surface area (Å²) in [6.45, 7) is 0. The average molecular weight is 307 g/mol. The molecule has 2 aromatic rings. The lowest BCUT2D eigenvalue weighted by atomic mass is 10.0. The summed E-state index contributed by atoms with van der Waals surface area (Å²) in [7, 11) is 0. The molecule has 94 valence electrons. The Morgan fingerprint density at radius 2 is 1.56 bits per heavy atom. The highest BCUT2D eigenvalue weighted by atomic mass is 79.9. The van der Waals surface area contributed by atoms with E-state index in [1.807, 2.05) is 18.2 Å². The van der Waals surface area contributed by atoms with Crippen LogP contribution in [0.25, 0.3) is 0 Å². The summed E-state index contributed by atoms with van der Waals surface area (Å²) in [5.41, 5.74) is 2.53. The second-order valence-electron chi connectivity index (χ2n) is 4.45. The van der Waals surface area contributed by atoms with Gasteiger partial charge in [0.05, 0.1) is 0 Å². The van der Waals surface area contributed by atoms with Crippen LogP contribution < -0.4 is 0 Å². The van der Waals surface area contributed by atoms with Crippen LogP contribution in [0.4, 0.5) is 4.39 Å². The van der Waals surface area contributed by atoms with Crippen LogP contribution in [-0.2, 0) is 12.8 Å². The molecule has 0 aromatic heterocycles. The molecule has 0 aliphatic heterocycles. The zero-order chi connectivity index (χ0) is 12.8. The van der Waals surface area contributed by atoms with E-state index in [1.165, 1.54) is 23.3 Å². The van der Waals surface area contributed by atoms with Crippen LogP contribution in [0.1, 0.15) is 17.5 Å². The van der Waals surface area contributed by atoms with Gasteiger partial charge in [0, 0.05) is 4.83 Å². The quantitative estimate of drug-likeness (QED) is 0.698. The Morgan fingerprint density at radius 3 is 2.22 bits per heavy atom. The fourth-order valence-corrected chi connectivity index (χ4v) is 2.55. The molecule has 18 heavy (non-hydrogen) atoms. The normalized spacial score (nSPS) is 12.3. The van der Waals surface area contributed by atoms with Gasteiger partial charge >= 0.3 is 0 Å². The Morgan fingerprint density at radius 1 is 0.889 bits per heavy atom. The predicted molar refractivity (Wildman–Crippen MR) is 77.6 cm³/mol. The third-order valence-electron chi connectivity index (χ3n) is 2.96. The van der Waals surface area contributed by atoms with E-state index in [0.29, 0.717) is 4.83 Å². The van der Waals surface area contributed by atoms with Gasteiger partial charge in [-0.05, 0) is 42.5 Å². The molecule has 2 rings (SSSR count). The van der Waals surface area contributed by atoms with Crippen molar-refractivity contribution in [1.29, 1.82) is 0 Å². The minimum atomic E-state index is -0.172. The van der Waals surface area contributed by atoms with Crippen molar-refractivity contribution in [2.45, 2.75) is 24.1 Å². The first-order valence-corrected chi connectivity index (χ1v) is 7.08. The van der Waals surface area contributed by atoms with E-state index < -0.39 is 0 Å². The Kier molecular flexibility index (Phi) is 4.94. The van der Waals surface area contributed by atoms with Gasteiger partial charge in [0.25, 0.3) is 0 Å². The van der Waals surface area contributed by atoms with Gasteiger partial charge in [-0.2, -0.15) is 0 Å². The maximum absolute atomic E-state index is 12.8. The van der Waals surface area contributed by atoms with Crippen molar-refractivity contribution in [3.8, 4) is 0 Å². The molecule has 0 aliphatic carbocycles. The third kappa shape index (κ3) is 4.26. The first-order valence-electron chi connectivity index (χ1n) is 6.16. The lowest BCUT2D eigenvalue weighted by Crippen LogP contribution is -2.04. The Labute approximate surface area is 116 Å². The van der Waals surface area contributed by atoms with Crippen molar-refractivity contribution in [2.24, 2.45) is 0 Å². The molecule has 0 amide bonds. The van der Waals surface area contributed by atoms with Gasteiger partial charge in [-0.3, -0.25) is 0 Å². The highest BCUT2D eigenvalue weighted by Gasteiger charge is 2.06. The number of hydrogen-bond acceptors (Lipinski definition) is 0. The van der Waals surface area contributed by atoms with Gasteiger partial charge < -0.3 is 0 Å². The Hall–Kier alpha value is -1.15. The summed E-state index contributed by atoms with van der Waals surface area (Å²) in [6, 6.07) is 17.2. The summed E-state index contributed by atoms with van der Waals surface area (Å²) in [5, 5.41) is 0. The van der Waals surface area contributed by atoms with E-state index >= 15 is 0 Å². The van der Waals surface area contributed by atoms with Gasteiger partial charge in [0.1, 0.15) is 5.82 Å². The zero-order valence-corrected chi connectivity index (χ0v) is 11.7. The molecule has 0 nitrogen and oxygen atoms in total. The van der Waals surface area contributed by atoms with Crippen LogP contribution in [0.3, 0.4) is 0 Å². The molecule has 0 bridgehead atoms. The van der Waals surface area contributed by atoms with Crippen molar-refractivity contribution < 1.29 is 4.39 Å². The minimum Gasteiger partial charge on any atom is -0.207 e. The molecular weight excluding hydrogens is 291 g/mol. The summed E-state index contributed by atoms with van der Waals surface area (Å²) < 4.78 is 12.8. The first kappa shape index (κ1) is 13.3. The van der Waals surface area contributed by atoms with Crippen LogP contribution in [0, 0.1) is 5.82 Å². The predicted octanol–water partition coefficient (Wildman–Crippen LogP) is 4.76. The van der Waals surface area contributed by atoms with Crippen molar-refractivity contribution in [3.05, 3.63) is 71.5 Å². The zero-order valence-electron chi connectivity index (χ0n) is 10.2. The van der Waals surface area contributed by atoms with Crippen LogP contribution >= 0.6 is 15.9 Å². The molecule has 0 spiro atoms. The molecule has 0 fully saturated rings. The van der Waals surface area contributed by atoms with Crippen molar-refractivity contribution in [1.82, 2.24) is 0 Å². The fourth-order valence-electron chi connectivity index (χ4n) is 1.95. The summed E-state index contributed by atoms with van der Waals surface area (Å²) >= 11 is 3.70. The highest BCUT2D eigenvalue weighted by molar-refractivity contribution is 9.09. The number of alkyl halides is 1. The largest absolute Gasteiger partial charge is 0.207 e. The van der Waals surface area contributed by atoms with Crippen molar-refractivity contribution in [3.63, 3.8) is 0 Å². The van der Waals surface area contributed by atoms with E-state index in [0.717, 1.165) is 19.3 Å². The number of rotatable bonds is 5. The van der Waals surface area contributed by atoms with E-state index in [-0.39, 0.29) is 5.82 Å². The minimum absolute atomic E-state index is 0.172. The van der Waals surface area contributed by atoms with E-state index in [2.05, 4.69) is 40.2 Å². The van der Waals surface area contributed by atoms with Gasteiger partial charge in [0.15, 0.2) is 0 Å². The van der Waals surface area contributed by atoms with Crippen LogP contribution in [-0.4, -0.2) is 4.83 Å². The van der Waals surface area contributed by atoms with Crippen LogP contribution in [0.2, 0.25) is 0 Å². The molecular formula is C16H16BrF. The maximum atomic E-state index is 12.8. The topological polar surface area (TPSA) is 0 Å². The van der Waals surface area contributed by atoms with Gasteiger partial charge in [0.2, 0.25) is 0 Å². The number of halogens is 2. The lowest BCUT2D eigenvalue weighted by molar-refractivity contribution is 0.626. The maximum Gasteiger partial charge on any atom is 0.123 e. The molecule has 1 atom stereocenters. The smallest absolute Gasteiger partial charge is 0.123 e. The number of benzene rings is 2. The molecule has 0 aliphatic rings. The second kappa shape index (κ2) is 6.69. The molecule has 1 unspecified atom stereocenters. The van der Waals surface area contributed by atoms with E-state index in [9.17, 15) is 4.39 Å². The Balaban J connectivity index is 1.82. The monoisotopic (exact) mass is 306 g/mol. The van der Waals surface area contributed by atoms with E-state index in [1.54, 1.807) is 0 Å². The fraction of sp³-hybridized carbons (Fsp3) is 0.250. The van der Waals surface area contributed by atoms with Crippen LogP contribution in [0.15, 0.2) is 54.6 Å². The molecule has 0 saturated heterocycles. The first-order chi connectivity index (χ1) is 8.74. The SMILES string of the molecule is Fc1ccc(CC(Br)CCc2ccccc2)cc1. The van der Waals surface area contributed by atoms with Gasteiger partial charge in [-0.1, -0.05) is 58.4 Å². The number of hydrogen-bond donors (Lipinski definition) is 0. The summed E-state index contributed by atoms with van der Waals surface area (Å²) in [6.07, 6.45) is 3.09. The third-order valence-corrected chi connectivity index (χ3v) is 3.74. The standard InChI is InChI=1S/C16H16BrF/c17-15(9-6-13-4-2-1-3-5-13)12-14-7-10-16(18)11-8-14/h1-5,7-8,10-11,15H,6,9,12H2. The molecule has 2 heteroatoms. The molecule has 2 aromatic carbocycles. The highest BCUT2D eigenvalue weighted by Crippen LogP contribution is 2.16. The van der Waals surface area contributed by atoms with Crippen molar-refractivity contribution >= 4 is 15.9 Å². The molecule has 0 radical (unpaired) electrons.